The SMILES string of the molecule is COc1ccc(NC(=O)[C@@H]2CC(=O)N(Cc3ccco3)C2)cc1. The van der Waals surface area contributed by atoms with Gasteiger partial charge < -0.3 is 19.4 Å². The lowest BCUT2D eigenvalue weighted by molar-refractivity contribution is -0.128. The van der Waals surface area contributed by atoms with Crippen LogP contribution in [0.3, 0.4) is 0 Å². The van der Waals surface area contributed by atoms with Crippen LogP contribution >= 0.6 is 0 Å². The van der Waals surface area contributed by atoms with E-state index < -0.39 is 0 Å². The van der Waals surface area contributed by atoms with E-state index in [1.165, 1.54) is 0 Å². The molecule has 0 unspecified atom stereocenters. The van der Waals surface area contributed by atoms with Crippen molar-refractivity contribution in [1.29, 1.82) is 0 Å². The first-order valence-corrected chi connectivity index (χ1v) is 7.41. The second-order valence-electron chi connectivity index (χ2n) is 5.47. The third-order valence-corrected chi connectivity index (χ3v) is 3.87. The normalized spacial score (nSPS) is 17.3. The summed E-state index contributed by atoms with van der Waals surface area (Å²) in [7, 11) is 1.59. The molecule has 0 bridgehead atoms. The Morgan fingerprint density at radius 2 is 2.13 bits per heavy atom. The highest BCUT2D eigenvalue weighted by Crippen LogP contribution is 2.22. The van der Waals surface area contributed by atoms with Crippen molar-refractivity contribution in [1.82, 2.24) is 4.90 Å². The van der Waals surface area contributed by atoms with Gasteiger partial charge >= 0.3 is 0 Å². The number of ether oxygens (including phenoxy) is 1. The summed E-state index contributed by atoms with van der Waals surface area (Å²) >= 11 is 0. The van der Waals surface area contributed by atoms with Crippen LogP contribution in [0.25, 0.3) is 0 Å². The number of amides is 2. The topological polar surface area (TPSA) is 71.8 Å². The van der Waals surface area contributed by atoms with Gasteiger partial charge in [-0.25, -0.2) is 0 Å². The number of furan rings is 1. The zero-order chi connectivity index (χ0) is 16.2. The second-order valence-corrected chi connectivity index (χ2v) is 5.47. The molecular formula is C17H18N2O4. The number of hydrogen-bond acceptors (Lipinski definition) is 4. The van der Waals surface area contributed by atoms with Crippen LogP contribution < -0.4 is 10.1 Å². The van der Waals surface area contributed by atoms with Crippen molar-refractivity contribution in [2.75, 3.05) is 19.0 Å². The Hall–Kier alpha value is -2.76. The Morgan fingerprint density at radius 1 is 1.35 bits per heavy atom. The van der Waals surface area contributed by atoms with Crippen molar-refractivity contribution in [3.63, 3.8) is 0 Å². The van der Waals surface area contributed by atoms with E-state index >= 15 is 0 Å². The van der Waals surface area contributed by atoms with Crippen LogP contribution in [0.5, 0.6) is 5.75 Å². The van der Waals surface area contributed by atoms with Gasteiger partial charge in [-0.05, 0) is 36.4 Å². The van der Waals surface area contributed by atoms with E-state index in [1.807, 2.05) is 6.07 Å². The maximum absolute atomic E-state index is 12.3. The summed E-state index contributed by atoms with van der Waals surface area (Å²) in [6, 6.07) is 10.7. The van der Waals surface area contributed by atoms with E-state index in [9.17, 15) is 9.59 Å². The van der Waals surface area contributed by atoms with Gasteiger partial charge in [-0.1, -0.05) is 0 Å². The molecule has 3 rings (SSSR count). The smallest absolute Gasteiger partial charge is 0.229 e. The van der Waals surface area contributed by atoms with Crippen LogP contribution in [0, 0.1) is 5.92 Å². The monoisotopic (exact) mass is 314 g/mol. The summed E-state index contributed by atoms with van der Waals surface area (Å²) in [5.41, 5.74) is 0.688. The van der Waals surface area contributed by atoms with E-state index in [0.717, 1.165) is 11.5 Å². The predicted molar refractivity (Wildman–Crippen MR) is 83.9 cm³/mol. The average Bonchev–Trinajstić information content (AvgIpc) is 3.19. The minimum absolute atomic E-state index is 0.0312. The van der Waals surface area contributed by atoms with E-state index in [-0.39, 0.29) is 24.2 Å². The number of carbonyl (C=O) groups excluding carboxylic acids is 2. The Balaban J connectivity index is 1.58. The molecule has 2 amide bonds. The van der Waals surface area contributed by atoms with E-state index in [1.54, 1.807) is 48.6 Å². The molecule has 23 heavy (non-hydrogen) atoms. The molecular weight excluding hydrogens is 296 g/mol. The summed E-state index contributed by atoms with van der Waals surface area (Å²) in [5.74, 6) is 0.916. The maximum atomic E-state index is 12.3. The molecule has 120 valence electrons. The van der Waals surface area contributed by atoms with Crippen molar-refractivity contribution in [2.24, 2.45) is 5.92 Å². The van der Waals surface area contributed by atoms with Crippen LogP contribution in [-0.4, -0.2) is 30.4 Å². The largest absolute Gasteiger partial charge is 0.497 e. The molecule has 2 heterocycles. The lowest BCUT2D eigenvalue weighted by Crippen LogP contribution is -2.27. The van der Waals surface area contributed by atoms with Gasteiger partial charge in [-0.15, -0.1) is 0 Å². The number of hydrogen-bond donors (Lipinski definition) is 1. The first kappa shape index (κ1) is 15.1. The molecule has 2 aromatic rings. The number of carbonyl (C=O) groups is 2. The number of anilines is 1. The van der Waals surface area contributed by atoms with Crippen LogP contribution in [0.1, 0.15) is 12.2 Å². The fraction of sp³-hybridized carbons (Fsp3) is 0.294. The molecule has 0 spiro atoms. The quantitative estimate of drug-likeness (QED) is 0.919. The molecule has 1 N–H and O–H groups in total. The zero-order valence-corrected chi connectivity index (χ0v) is 12.8. The van der Waals surface area contributed by atoms with Gasteiger partial charge in [0.25, 0.3) is 0 Å². The second kappa shape index (κ2) is 6.56. The molecule has 1 aromatic heterocycles. The number of nitrogens with zero attached hydrogens (tertiary/aromatic N) is 1. The number of benzene rings is 1. The van der Waals surface area contributed by atoms with Gasteiger partial charge in [0, 0.05) is 18.7 Å². The highest BCUT2D eigenvalue weighted by Gasteiger charge is 2.34. The highest BCUT2D eigenvalue weighted by atomic mass is 16.5. The minimum atomic E-state index is -0.348. The van der Waals surface area contributed by atoms with Crippen LogP contribution in [0.15, 0.2) is 47.1 Å². The molecule has 1 aliphatic rings. The molecule has 1 saturated heterocycles. The van der Waals surface area contributed by atoms with Crippen molar-refractivity contribution in [3.8, 4) is 5.75 Å². The van der Waals surface area contributed by atoms with Gasteiger partial charge in [0.15, 0.2) is 0 Å². The molecule has 0 aliphatic carbocycles. The Morgan fingerprint density at radius 3 is 2.78 bits per heavy atom. The standard InChI is InChI=1S/C17H18N2O4/c1-22-14-6-4-13(5-7-14)18-17(21)12-9-16(20)19(10-12)11-15-3-2-8-23-15/h2-8,12H,9-11H2,1H3,(H,18,21)/t12-/m1/s1. The molecule has 1 atom stereocenters. The fourth-order valence-corrected chi connectivity index (χ4v) is 2.61. The third kappa shape index (κ3) is 3.53. The van der Waals surface area contributed by atoms with Crippen molar-refractivity contribution in [3.05, 3.63) is 48.4 Å². The van der Waals surface area contributed by atoms with Gasteiger partial charge in [0.2, 0.25) is 11.8 Å². The van der Waals surface area contributed by atoms with E-state index in [2.05, 4.69) is 5.32 Å². The molecule has 1 fully saturated rings. The van der Waals surface area contributed by atoms with Crippen molar-refractivity contribution >= 4 is 17.5 Å². The zero-order valence-electron chi connectivity index (χ0n) is 12.8. The van der Waals surface area contributed by atoms with Crippen molar-refractivity contribution < 1.29 is 18.7 Å². The minimum Gasteiger partial charge on any atom is -0.497 e. The predicted octanol–water partition coefficient (Wildman–Crippen LogP) is 2.28. The average molecular weight is 314 g/mol. The molecule has 1 aliphatic heterocycles. The molecule has 0 saturated carbocycles. The van der Waals surface area contributed by atoms with Crippen LogP contribution in [0.4, 0.5) is 5.69 Å². The summed E-state index contributed by atoms with van der Waals surface area (Å²) in [6.45, 7) is 0.805. The van der Waals surface area contributed by atoms with Gasteiger partial charge in [-0.2, -0.15) is 0 Å². The molecule has 6 nitrogen and oxygen atoms in total. The number of rotatable bonds is 5. The lowest BCUT2D eigenvalue weighted by atomic mass is 10.1. The third-order valence-electron chi connectivity index (χ3n) is 3.87. The summed E-state index contributed by atoms with van der Waals surface area (Å²) in [5, 5.41) is 2.84. The van der Waals surface area contributed by atoms with Gasteiger partial charge in [-0.3, -0.25) is 9.59 Å². The first-order valence-electron chi connectivity index (χ1n) is 7.41. The summed E-state index contributed by atoms with van der Waals surface area (Å²) in [4.78, 5) is 26.0. The van der Waals surface area contributed by atoms with Crippen LogP contribution in [-0.2, 0) is 16.1 Å². The van der Waals surface area contributed by atoms with E-state index in [0.29, 0.717) is 18.8 Å². The van der Waals surface area contributed by atoms with Gasteiger partial charge in [0.1, 0.15) is 11.5 Å². The fourth-order valence-electron chi connectivity index (χ4n) is 2.61. The summed E-state index contributed by atoms with van der Waals surface area (Å²) < 4.78 is 10.3. The van der Waals surface area contributed by atoms with Crippen molar-refractivity contribution in [2.45, 2.75) is 13.0 Å². The van der Waals surface area contributed by atoms with Crippen LogP contribution in [0.2, 0.25) is 0 Å². The number of likely N-dealkylation sites (tertiary alicyclic amines) is 1. The Kier molecular flexibility index (Phi) is 4.32. The highest BCUT2D eigenvalue weighted by molar-refractivity contribution is 5.97. The number of methoxy groups -OCH3 is 1. The molecule has 1 aromatic carbocycles. The molecule has 6 heteroatoms. The van der Waals surface area contributed by atoms with Gasteiger partial charge in [0.05, 0.1) is 25.8 Å². The Bertz CT molecular complexity index is 679. The summed E-state index contributed by atoms with van der Waals surface area (Å²) in [6.07, 6.45) is 1.80. The Labute approximate surface area is 134 Å². The lowest BCUT2D eigenvalue weighted by Gasteiger charge is -2.15. The van der Waals surface area contributed by atoms with E-state index in [4.69, 9.17) is 9.15 Å². The first-order chi connectivity index (χ1) is 11.2. The maximum Gasteiger partial charge on any atom is 0.229 e. The molecule has 0 radical (unpaired) electrons. The number of nitrogens with one attached hydrogen (secondary N) is 1.